The van der Waals surface area contributed by atoms with E-state index in [4.69, 9.17) is 9.47 Å². The molecule has 1 aromatic carbocycles. The molecule has 0 spiro atoms. The lowest BCUT2D eigenvalue weighted by Crippen LogP contribution is -2.47. The molecule has 0 saturated carbocycles. The van der Waals surface area contributed by atoms with Gasteiger partial charge < -0.3 is 20.1 Å². The van der Waals surface area contributed by atoms with Gasteiger partial charge >= 0.3 is 0 Å². The largest absolute Gasteiger partial charge is 0.379 e. The third kappa shape index (κ3) is 5.99. The molecule has 1 aromatic rings. The van der Waals surface area contributed by atoms with Crippen molar-refractivity contribution in [2.75, 3.05) is 33.9 Å². The lowest BCUT2D eigenvalue weighted by atomic mass is 9.89. The molecule has 1 saturated heterocycles. The molecule has 1 heterocycles. The van der Waals surface area contributed by atoms with Gasteiger partial charge in [0.25, 0.3) is 0 Å². The van der Waals surface area contributed by atoms with Crippen molar-refractivity contribution in [1.82, 2.24) is 10.6 Å². The maximum absolute atomic E-state index is 6.08. The number of methoxy groups -OCH3 is 1. The summed E-state index contributed by atoms with van der Waals surface area (Å²) in [5.74, 6) is 1.25. The number of hydrogen-bond acceptors (Lipinski definition) is 3. The first-order valence-electron chi connectivity index (χ1n) is 9.59. The van der Waals surface area contributed by atoms with E-state index in [-0.39, 0.29) is 17.6 Å². The van der Waals surface area contributed by atoms with Crippen LogP contribution in [0.2, 0.25) is 0 Å². The number of guanidine groups is 1. The van der Waals surface area contributed by atoms with Crippen LogP contribution in [0, 0.1) is 11.3 Å². The van der Waals surface area contributed by atoms with Crippen molar-refractivity contribution in [2.24, 2.45) is 16.3 Å². The van der Waals surface area contributed by atoms with Crippen molar-refractivity contribution in [3.8, 4) is 0 Å². The van der Waals surface area contributed by atoms with Gasteiger partial charge in [-0.3, -0.25) is 4.99 Å². The lowest BCUT2D eigenvalue weighted by molar-refractivity contribution is -0.0265. The molecule has 5 heteroatoms. The summed E-state index contributed by atoms with van der Waals surface area (Å²) in [5.41, 5.74) is 1.34. The van der Waals surface area contributed by atoms with Gasteiger partial charge in [-0.05, 0) is 23.8 Å². The predicted molar refractivity (Wildman–Crippen MR) is 107 cm³/mol. The van der Waals surface area contributed by atoms with Gasteiger partial charge in [0.15, 0.2) is 5.96 Å². The number of ether oxygens (including phenoxy) is 2. The lowest BCUT2D eigenvalue weighted by Gasteiger charge is -2.33. The Balaban J connectivity index is 1.90. The zero-order chi connectivity index (χ0) is 19.0. The number of nitrogens with one attached hydrogen (secondary N) is 2. The Morgan fingerprint density at radius 2 is 2.00 bits per heavy atom. The maximum atomic E-state index is 6.08. The average molecular weight is 362 g/mol. The van der Waals surface area contributed by atoms with Crippen molar-refractivity contribution in [1.29, 1.82) is 0 Å². The molecule has 0 amide bonds. The van der Waals surface area contributed by atoms with Crippen molar-refractivity contribution >= 4 is 5.96 Å². The van der Waals surface area contributed by atoms with Crippen LogP contribution in [0.25, 0.3) is 0 Å². The molecule has 3 atom stereocenters. The molecule has 5 nitrogen and oxygen atoms in total. The number of hydrogen-bond donors (Lipinski definition) is 2. The Kier molecular flexibility index (Phi) is 7.91. The molecule has 2 rings (SSSR count). The topological polar surface area (TPSA) is 54.9 Å². The predicted octanol–water partition coefficient (Wildman–Crippen LogP) is 3.38. The van der Waals surface area contributed by atoms with E-state index in [0.717, 1.165) is 38.5 Å². The average Bonchev–Trinajstić information content (AvgIpc) is 2.64. The van der Waals surface area contributed by atoms with Gasteiger partial charge in [-0.25, -0.2) is 0 Å². The Bertz CT molecular complexity index is 554. The summed E-state index contributed by atoms with van der Waals surface area (Å²) in [4.78, 5) is 4.36. The fourth-order valence-corrected chi connectivity index (χ4v) is 3.44. The third-order valence-corrected chi connectivity index (χ3v) is 5.03. The van der Waals surface area contributed by atoms with E-state index in [1.807, 2.05) is 6.07 Å². The first-order chi connectivity index (χ1) is 12.5. The van der Waals surface area contributed by atoms with Crippen LogP contribution in [0.5, 0.6) is 0 Å². The van der Waals surface area contributed by atoms with E-state index < -0.39 is 0 Å². The van der Waals surface area contributed by atoms with Crippen LogP contribution >= 0.6 is 0 Å². The van der Waals surface area contributed by atoms with E-state index in [1.54, 1.807) is 14.2 Å². The number of rotatable bonds is 6. The molecule has 2 N–H and O–H groups in total. The molecule has 1 fully saturated rings. The first-order valence-corrected chi connectivity index (χ1v) is 9.59. The van der Waals surface area contributed by atoms with Gasteiger partial charge in [-0.15, -0.1) is 0 Å². The second-order valence-corrected chi connectivity index (χ2v) is 8.03. The fourth-order valence-electron chi connectivity index (χ4n) is 3.44. The van der Waals surface area contributed by atoms with Crippen LogP contribution < -0.4 is 10.6 Å². The highest BCUT2D eigenvalue weighted by Crippen LogP contribution is 2.33. The van der Waals surface area contributed by atoms with Gasteiger partial charge in [-0.2, -0.15) is 0 Å². The minimum atomic E-state index is 0.0796. The molecule has 146 valence electrons. The quantitative estimate of drug-likeness (QED) is 0.602. The van der Waals surface area contributed by atoms with E-state index in [9.17, 15) is 0 Å². The second-order valence-electron chi connectivity index (χ2n) is 8.03. The summed E-state index contributed by atoms with van der Waals surface area (Å²) in [7, 11) is 3.57. The Hall–Kier alpha value is -1.59. The van der Waals surface area contributed by atoms with Gasteiger partial charge in [0.2, 0.25) is 0 Å². The number of aliphatic imine (C=N–C) groups is 1. The number of benzene rings is 1. The van der Waals surface area contributed by atoms with Gasteiger partial charge in [0, 0.05) is 39.8 Å². The summed E-state index contributed by atoms with van der Waals surface area (Å²) < 4.78 is 11.7. The van der Waals surface area contributed by atoms with E-state index in [2.05, 4.69) is 60.7 Å². The van der Waals surface area contributed by atoms with Crippen LogP contribution in [0.3, 0.4) is 0 Å². The molecule has 0 bridgehead atoms. The van der Waals surface area contributed by atoms with Gasteiger partial charge in [0.1, 0.15) is 0 Å². The summed E-state index contributed by atoms with van der Waals surface area (Å²) in [5, 5.41) is 6.87. The summed E-state index contributed by atoms with van der Waals surface area (Å²) in [6.07, 6.45) is 2.54. The minimum absolute atomic E-state index is 0.0796. The highest BCUT2D eigenvalue weighted by atomic mass is 16.5. The summed E-state index contributed by atoms with van der Waals surface area (Å²) in [6, 6.07) is 10.5. The van der Waals surface area contributed by atoms with Crippen molar-refractivity contribution in [3.05, 3.63) is 35.9 Å². The smallest absolute Gasteiger partial charge is 0.191 e. The fraction of sp³-hybridized carbons (Fsp3) is 0.667. The molecule has 1 aliphatic rings. The molecule has 0 radical (unpaired) electrons. The molecule has 0 aromatic heterocycles. The Labute approximate surface area is 158 Å². The SMILES string of the molecule is CN=C(NCC1CCCOC1c1ccccc1)NCC(OC)C(C)(C)C. The van der Waals surface area contributed by atoms with Crippen molar-refractivity contribution < 1.29 is 9.47 Å². The Morgan fingerprint density at radius 1 is 1.27 bits per heavy atom. The standard InChI is InChI=1S/C21H35N3O2/c1-21(2,3)18(25-5)15-24-20(22-4)23-14-17-12-9-13-26-19(17)16-10-7-6-8-11-16/h6-8,10-11,17-19H,9,12-15H2,1-5H3,(H2,22,23,24). The van der Waals surface area contributed by atoms with Gasteiger partial charge in [0.05, 0.1) is 12.2 Å². The molecular formula is C21H35N3O2. The van der Waals surface area contributed by atoms with Gasteiger partial charge in [-0.1, -0.05) is 51.1 Å². The monoisotopic (exact) mass is 361 g/mol. The zero-order valence-corrected chi connectivity index (χ0v) is 16.9. The van der Waals surface area contributed by atoms with Crippen molar-refractivity contribution in [2.45, 2.75) is 45.8 Å². The van der Waals surface area contributed by atoms with Crippen molar-refractivity contribution in [3.63, 3.8) is 0 Å². The molecule has 1 aliphatic heterocycles. The second kappa shape index (κ2) is 9.93. The molecular weight excluding hydrogens is 326 g/mol. The maximum Gasteiger partial charge on any atom is 0.191 e. The minimum Gasteiger partial charge on any atom is -0.379 e. The highest BCUT2D eigenvalue weighted by molar-refractivity contribution is 5.79. The normalized spacial score (nSPS) is 22.7. The number of nitrogens with zero attached hydrogens (tertiary/aromatic N) is 1. The molecule has 3 unspecified atom stereocenters. The van der Waals surface area contributed by atoms with Crippen LogP contribution in [-0.2, 0) is 9.47 Å². The van der Waals surface area contributed by atoms with E-state index >= 15 is 0 Å². The summed E-state index contributed by atoms with van der Waals surface area (Å²) >= 11 is 0. The van der Waals surface area contributed by atoms with E-state index in [1.165, 1.54) is 5.56 Å². The molecule has 26 heavy (non-hydrogen) atoms. The van der Waals surface area contributed by atoms with Crippen LogP contribution in [0.15, 0.2) is 35.3 Å². The zero-order valence-electron chi connectivity index (χ0n) is 16.9. The third-order valence-electron chi connectivity index (χ3n) is 5.03. The highest BCUT2D eigenvalue weighted by Gasteiger charge is 2.28. The molecule has 0 aliphatic carbocycles. The Morgan fingerprint density at radius 3 is 2.62 bits per heavy atom. The van der Waals surface area contributed by atoms with Crippen LogP contribution in [0.4, 0.5) is 0 Å². The first kappa shape index (κ1) is 20.7. The summed E-state index contributed by atoms with van der Waals surface area (Å²) in [6.45, 7) is 8.95. The van der Waals surface area contributed by atoms with Crippen LogP contribution in [0.1, 0.15) is 45.3 Å². The van der Waals surface area contributed by atoms with Crippen LogP contribution in [-0.4, -0.2) is 45.9 Å². The van der Waals surface area contributed by atoms with E-state index in [0.29, 0.717) is 5.92 Å².